The van der Waals surface area contributed by atoms with E-state index < -0.39 is 27.7 Å². The number of hydrogen-bond donors (Lipinski definition) is 1. The first-order valence-corrected chi connectivity index (χ1v) is 7.95. The Balaban J connectivity index is 2.27. The average Bonchev–Trinajstić information content (AvgIpc) is 2.46. The molecule has 0 aromatic heterocycles. The number of nitro groups is 1. The number of ether oxygens (including phenoxy) is 1. The Labute approximate surface area is 133 Å². The molecular weight excluding hydrogens is 326 g/mol. The molecule has 0 saturated carbocycles. The minimum Gasteiger partial charge on any atom is -0.427 e. The van der Waals surface area contributed by atoms with E-state index in [0.29, 0.717) is 19.3 Å². The van der Waals surface area contributed by atoms with Crippen LogP contribution < -0.4 is 0 Å². The largest absolute Gasteiger partial charge is 0.427 e. The molecule has 0 saturated heterocycles. The normalized spacial score (nSPS) is 15.7. The fraction of sp³-hybridized carbons (Fsp3) is 0.286. The molecule has 9 heteroatoms. The molecule has 0 spiro atoms. The Morgan fingerprint density at radius 3 is 2.74 bits per heavy atom. The lowest BCUT2D eigenvalue weighted by molar-refractivity contribution is -0.385. The van der Waals surface area contributed by atoms with Crippen molar-refractivity contribution in [3.05, 3.63) is 51.3 Å². The summed E-state index contributed by atoms with van der Waals surface area (Å²) in [5.41, 5.74) is -0.539. The highest BCUT2D eigenvalue weighted by molar-refractivity contribution is 7.78. The van der Waals surface area contributed by atoms with Crippen molar-refractivity contribution in [3.8, 4) is 0 Å². The lowest BCUT2D eigenvalue weighted by Gasteiger charge is -2.12. The van der Waals surface area contributed by atoms with Gasteiger partial charge in [-0.05, 0) is 18.1 Å². The molecule has 1 unspecified atom stereocenters. The number of nitro benzene ring substituents is 1. The van der Waals surface area contributed by atoms with Gasteiger partial charge in [-0.25, -0.2) is 9.00 Å². The van der Waals surface area contributed by atoms with Crippen molar-refractivity contribution in [1.82, 2.24) is 0 Å². The molecule has 1 aromatic rings. The number of nitrogens with zero attached hydrogens (tertiary/aromatic N) is 1. The molecule has 1 aromatic carbocycles. The van der Waals surface area contributed by atoms with Crippen molar-refractivity contribution < 1.29 is 28.0 Å². The summed E-state index contributed by atoms with van der Waals surface area (Å²) in [4.78, 5) is 33.7. The van der Waals surface area contributed by atoms with Crippen molar-refractivity contribution >= 4 is 28.5 Å². The first-order chi connectivity index (χ1) is 10.9. The third-order valence-corrected chi connectivity index (χ3v) is 3.74. The van der Waals surface area contributed by atoms with Gasteiger partial charge < -0.3 is 9.29 Å². The number of esters is 1. The van der Waals surface area contributed by atoms with Crippen LogP contribution in [0.3, 0.4) is 0 Å². The molecule has 1 aliphatic carbocycles. The predicted molar refractivity (Wildman–Crippen MR) is 79.9 cm³/mol. The minimum atomic E-state index is -2.15. The second-order valence-electron chi connectivity index (χ2n) is 4.89. The second-order valence-corrected chi connectivity index (χ2v) is 5.83. The zero-order chi connectivity index (χ0) is 17.0. The lowest BCUT2D eigenvalue weighted by atomic mass is 10.1. The first kappa shape index (κ1) is 17.0. The number of ketones is 1. The van der Waals surface area contributed by atoms with Crippen molar-refractivity contribution in [1.29, 1.82) is 0 Å². The van der Waals surface area contributed by atoms with Gasteiger partial charge >= 0.3 is 5.97 Å². The predicted octanol–water partition coefficient (Wildman–Crippen LogP) is 2.11. The van der Waals surface area contributed by atoms with Crippen LogP contribution in [0.1, 0.15) is 35.2 Å². The SMILES string of the molecule is O=C1C=C(OC(=O)c2ccc(CS(=O)O)cc2[N+](=O)[O-])CCC1. The highest BCUT2D eigenvalue weighted by atomic mass is 32.2. The smallest absolute Gasteiger partial charge is 0.350 e. The van der Waals surface area contributed by atoms with Crippen LogP contribution in [0.4, 0.5) is 5.69 Å². The summed E-state index contributed by atoms with van der Waals surface area (Å²) in [6.07, 6.45) is 2.57. The first-order valence-electron chi connectivity index (χ1n) is 6.67. The molecule has 0 amide bonds. The van der Waals surface area contributed by atoms with Gasteiger partial charge in [0.05, 0.1) is 10.7 Å². The summed E-state index contributed by atoms with van der Waals surface area (Å²) >= 11 is -2.15. The van der Waals surface area contributed by atoms with Crippen molar-refractivity contribution in [3.63, 3.8) is 0 Å². The van der Waals surface area contributed by atoms with Crippen LogP contribution in [0, 0.1) is 10.1 Å². The van der Waals surface area contributed by atoms with Gasteiger partial charge in [-0.15, -0.1) is 0 Å². The Hall–Kier alpha value is -2.39. The van der Waals surface area contributed by atoms with E-state index in [4.69, 9.17) is 9.29 Å². The van der Waals surface area contributed by atoms with Gasteiger partial charge in [0.15, 0.2) is 16.9 Å². The second kappa shape index (κ2) is 7.25. The molecule has 8 nitrogen and oxygen atoms in total. The summed E-state index contributed by atoms with van der Waals surface area (Å²) in [7, 11) is 0. The summed E-state index contributed by atoms with van der Waals surface area (Å²) in [6, 6.07) is 3.58. The summed E-state index contributed by atoms with van der Waals surface area (Å²) in [6.45, 7) is 0. The maximum Gasteiger partial charge on any atom is 0.350 e. The highest BCUT2D eigenvalue weighted by Gasteiger charge is 2.24. The van der Waals surface area contributed by atoms with Crippen LogP contribution in [0.25, 0.3) is 0 Å². The van der Waals surface area contributed by atoms with Crippen molar-refractivity contribution in [2.75, 3.05) is 0 Å². The fourth-order valence-corrected chi connectivity index (χ4v) is 2.61. The van der Waals surface area contributed by atoms with Crippen LogP contribution >= 0.6 is 0 Å². The zero-order valence-corrected chi connectivity index (χ0v) is 12.7. The van der Waals surface area contributed by atoms with Gasteiger partial charge in [0.1, 0.15) is 11.3 Å². The molecule has 2 rings (SSSR count). The average molecular weight is 339 g/mol. The summed E-state index contributed by atoms with van der Waals surface area (Å²) < 4.78 is 24.6. The van der Waals surface area contributed by atoms with Gasteiger partial charge in [0, 0.05) is 25.0 Å². The third-order valence-electron chi connectivity index (χ3n) is 3.16. The lowest BCUT2D eigenvalue weighted by Crippen LogP contribution is -2.12. The standard InChI is InChI=1S/C14H13NO7S/c16-10-2-1-3-11(7-10)22-14(17)12-5-4-9(8-23(20)21)6-13(12)15(18)19/h4-7H,1-3,8H2,(H,20,21). The number of carbonyl (C=O) groups excluding carboxylic acids is 2. The van der Waals surface area contributed by atoms with E-state index in [1.165, 1.54) is 18.2 Å². The molecule has 23 heavy (non-hydrogen) atoms. The van der Waals surface area contributed by atoms with Gasteiger partial charge in [-0.1, -0.05) is 6.07 Å². The van der Waals surface area contributed by atoms with Crippen LogP contribution in [-0.2, 0) is 26.4 Å². The molecule has 0 fully saturated rings. The van der Waals surface area contributed by atoms with Crippen LogP contribution in [0.15, 0.2) is 30.0 Å². The molecule has 1 aliphatic rings. The summed E-state index contributed by atoms with van der Waals surface area (Å²) in [5, 5.41) is 11.1. The molecule has 0 radical (unpaired) electrons. The fourth-order valence-electron chi connectivity index (χ4n) is 2.15. The highest BCUT2D eigenvalue weighted by Crippen LogP contribution is 2.24. The quantitative estimate of drug-likeness (QED) is 0.377. The van der Waals surface area contributed by atoms with E-state index in [1.54, 1.807) is 0 Å². The van der Waals surface area contributed by atoms with E-state index in [2.05, 4.69) is 0 Å². The molecule has 0 bridgehead atoms. The van der Waals surface area contributed by atoms with Gasteiger partial charge in [-0.3, -0.25) is 14.9 Å². The van der Waals surface area contributed by atoms with Gasteiger partial charge in [0.2, 0.25) is 0 Å². The van der Waals surface area contributed by atoms with Crippen molar-refractivity contribution in [2.45, 2.75) is 25.0 Å². The van der Waals surface area contributed by atoms with E-state index in [9.17, 15) is 23.9 Å². The zero-order valence-electron chi connectivity index (χ0n) is 11.9. The van der Waals surface area contributed by atoms with E-state index >= 15 is 0 Å². The van der Waals surface area contributed by atoms with Crippen LogP contribution in [-0.4, -0.2) is 25.4 Å². The van der Waals surface area contributed by atoms with E-state index in [1.807, 2.05) is 0 Å². The van der Waals surface area contributed by atoms with Gasteiger partial charge in [-0.2, -0.15) is 0 Å². The maximum absolute atomic E-state index is 12.1. The molecule has 122 valence electrons. The molecular formula is C14H13NO7S. The topological polar surface area (TPSA) is 124 Å². The van der Waals surface area contributed by atoms with E-state index in [-0.39, 0.29) is 28.4 Å². The van der Waals surface area contributed by atoms with E-state index in [0.717, 1.165) is 6.07 Å². The Bertz CT molecular complexity index is 726. The molecule has 1 N–H and O–H groups in total. The van der Waals surface area contributed by atoms with Crippen LogP contribution in [0.2, 0.25) is 0 Å². The number of carbonyl (C=O) groups is 2. The van der Waals surface area contributed by atoms with Crippen LogP contribution in [0.5, 0.6) is 0 Å². The Morgan fingerprint density at radius 2 is 2.13 bits per heavy atom. The van der Waals surface area contributed by atoms with Gasteiger partial charge in [0.25, 0.3) is 5.69 Å². The number of benzene rings is 1. The molecule has 0 aliphatic heterocycles. The molecule has 1 atom stereocenters. The third kappa shape index (κ3) is 4.54. The molecule has 0 heterocycles. The number of allylic oxidation sites excluding steroid dienone is 2. The Kier molecular flexibility index (Phi) is 5.35. The maximum atomic E-state index is 12.1. The number of hydrogen-bond acceptors (Lipinski definition) is 6. The Morgan fingerprint density at radius 1 is 1.39 bits per heavy atom. The minimum absolute atomic E-state index is 0.158. The summed E-state index contributed by atoms with van der Waals surface area (Å²) in [5.74, 6) is -1.19. The number of rotatable bonds is 5. The monoisotopic (exact) mass is 339 g/mol. The van der Waals surface area contributed by atoms with Crippen molar-refractivity contribution in [2.24, 2.45) is 0 Å².